The summed E-state index contributed by atoms with van der Waals surface area (Å²) < 4.78 is 73.4. The minimum atomic E-state index is -4.60. The second-order valence-electron chi connectivity index (χ2n) is 18.2. The van der Waals surface area contributed by atoms with Gasteiger partial charge in [0.1, 0.15) is 0 Å². The Kier molecular flexibility index (Phi) is 57.5. The van der Waals surface area contributed by atoms with Gasteiger partial charge in [0, 0.05) is 11.8 Å². The van der Waals surface area contributed by atoms with Gasteiger partial charge in [0.05, 0.1) is 13.2 Å². The van der Waals surface area contributed by atoms with Crippen LogP contribution in [0, 0.1) is 11.8 Å². The molecule has 2 unspecified atom stereocenters. The van der Waals surface area contributed by atoms with Crippen molar-refractivity contribution in [3.05, 3.63) is 24.3 Å². The first-order chi connectivity index (χ1) is 30.0. The van der Waals surface area contributed by atoms with E-state index in [2.05, 4.69) is 48.2 Å². The first kappa shape index (κ1) is 67.7. The predicted octanol–water partition coefficient (Wildman–Crippen LogP) is 16.6. The van der Waals surface area contributed by atoms with Gasteiger partial charge in [-0.25, -0.2) is 16.8 Å². The Labute approximate surface area is 423 Å². The van der Waals surface area contributed by atoms with Gasteiger partial charge >= 0.3 is 37.7 Å². The molecule has 0 spiro atoms. The molecule has 8 nitrogen and oxygen atoms in total. The van der Waals surface area contributed by atoms with Crippen LogP contribution in [0.4, 0.5) is 0 Å². The van der Waals surface area contributed by atoms with Crippen molar-refractivity contribution >= 4 is 58.5 Å². The Bertz CT molecular complexity index is 1070. The molecule has 0 bridgehead atoms. The molecule has 2 atom stereocenters. The van der Waals surface area contributed by atoms with Gasteiger partial charge in [-0.3, -0.25) is 8.37 Å². The van der Waals surface area contributed by atoms with Crippen LogP contribution in [0.25, 0.3) is 0 Å². The van der Waals surface area contributed by atoms with E-state index in [9.17, 15) is 25.9 Å². The quantitative estimate of drug-likeness (QED) is 0.0194. The van der Waals surface area contributed by atoms with Crippen molar-refractivity contribution < 1.29 is 34.3 Å². The van der Waals surface area contributed by atoms with E-state index in [1.54, 1.807) is 0 Å². The fourth-order valence-electron chi connectivity index (χ4n) is 7.94. The smallest absolute Gasteiger partial charge is 0.726 e. The Balaban J connectivity index is -0.00000112. The summed E-state index contributed by atoms with van der Waals surface area (Å²) >= 11 is 0. The Morgan fingerprint density at radius 1 is 0.349 bits per heavy atom. The van der Waals surface area contributed by atoms with Crippen molar-refractivity contribution in [2.45, 2.75) is 285 Å². The SMILES string of the molecule is CCCC/C=C/C(CCCCCCCCCCCCCCCCCC)COS(=O)(=O)[O-].CCCC/C=C/C(CCCCCCCCCCCCCCCCCC)COS(=O)(=O)[O-].[Ca+2]. The molecule has 0 saturated carbocycles. The Hall–Kier alpha value is 0.480. The fraction of sp³-hybridized carbons (Fsp3) is 0.923. The third-order valence-corrected chi connectivity index (χ3v) is 12.8. The molecular weight excluding hydrogens is 857 g/mol. The molecule has 0 radical (unpaired) electrons. The van der Waals surface area contributed by atoms with Crippen molar-refractivity contribution in [2.24, 2.45) is 11.8 Å². The molecule has 0 rings (SSSR count). The van der Waals surface area contributed by atoms with Gasteiger partial charge in [-0.05, 0) is 25.7 Å². The van der Waals surface area contributed by atoms with Crippen LogP contribution in [-0.2, 0) is 29.2 Å². The summed E-state index contributed by atoms with van der Waals surface area (Å²) in [6.07, 6.45) is 59.5. The molecule has 0 aliphatic heterocycles. The van der Waals surface area contributed by atoms with Gasteiger partial charge in [-0.2, -0.15) is 0 Å². The molecule has 0 heterocycles. The molecule has 0 aliphatic carbocycles. The molecule has 0 N–H and O–H groups in total. The molecule has 0 aromatic carbocycles. The van der Waals surface area contributed by atoms with Crippen LogP contribution in [0.15, 0.2) is 24.3 Å². The Morgan fingerprint density at radius 2 is 0.556 bits per heavy atom. The molecule has 0 fully saturated rings. The fourth-order valence-corrected chi connectivity index (χ4v) is 8.63. The molecule has 0 aromatic heterocycles. The zero-order valence-corrected chi connectivity index (χ0v) is 45.8. The molecule has 0 aliphatic rings. The van der Waals surface area contributed by atoms with E-state index in [0.29, 0.717) is 0 Å². The predicted molar refractivity (Wildman–Crippen MR) is 270 cm³/mol. The first-order valence-electron chi connectivity index (χ1n) is 26.5. The van der Waals surface area contributed by atoms with Crippen LogP contribution in [-0.4, -0.2) is 76.9 Å². The first-order valence-corrected chi connectivity index (χ1v) is 29.2. The standard InChI is InChI=1S/2C26H52O4S.Ca/c2*1-3-5-7-9-10-11-12-13-14-15-16-17-18-19-20-22-24-26(23-21-8-6-4-2)25-30-31(27,28)29;/h2*21,23,26H,3-20,22,24-25H2,1-2H3,(H,27,28,29);/q;;+2/p-2/b2*23-21+;. The van der Waals surface area contributed by atoms with Gasteiger partial charge < -0.3 is 9.11 Å². The zero-order chi connectivity index (χ0) is 46.1. The van der Waals surface area contributed by atoms with Crippen molar-refractivity contribution in [3.63, 3.8) is 0 Å². The number of hydrogen-bond acceptors (Lipinski definition) is 8. The van der Waals surface area contributed by atoms with Crippen molar-refractivity contribution in [1.29, 1.82) is 0 Å². The second kappa shape index (κ2) is 53.4. The summed E-state index contributed by atoms with van der Waals surface area (Å²) in [4.78, 5) is 0. The summed E-state index contributed by atoms with van der Waals surface area (Å²) in [7, 11) is -9.20. The van der Waals surface area contributed by atoms with Crippen LogP contribution >= 0.6 is 0 Å². The summed E-state index contributed by atoms with van der Waals surface area (Å²) in [5.41, 5.74) is 0. The van der Waals surface area contributed by atoms with E-state index in [1.165, 1.54) is 193 Å². The van der Waals surface area contributed by atoms with Crippen molar-refractivity contribution in [2.75, 3.05) is 13.2 Å². The van der Waals surface area contributed by atoms with Crippen molar-refractivity contribution in [3.8, 4) is 0 Å². The summed E-state index contributed by atoms with van der Waals surface area (Å²) in [6, 6.07) is 0. The number of allylic oxidation sites excluding steroid dienone is 2. The molecule has 0 aromatic rings. The van der Waals surface area contributed by atoms with Crippen LogP contribution in [0.2, 0.25) is 0 Å². The van der Waals surface area contributed by atoms with E-state index >= 15 is 0 Å². The normalized spacial score (nSPS) is 13.0. The number of hydrogen-bond donors (Lipinski definition) is 0. The largest absolute Gasteiger partial charge is 2.00 e. The summed E-state index contributed by atoms with van der Waals surface area (Å²) in [5, 5.41) is 0. The van der Waals surface area contributed by atoms with Crippen LogP contribution < -0.4 is 0 Å². The molecular formula is C52H102CaO8S2. The molecule has 11 heteroatoms. The third kappa shape index (κ3) is 62.5. The van der Waals surface area contributed by atoms with E-state index in [4.69, 9.17) is 0 Å². The van der Waals surface area contributed by atoms with E-state index in [-0.39, 0.29) is 62.8 Å². The Morgan fingerprint density at radius 3 is 0.762 bits per heavy atom. The summed E-state index contributed by atoms with van der Waals surface area (Å²) in [6.45, 7) is 8.80. The van der Waals surface area contributed by atoms with Gasteiger partial charge in [0.15, 0.2) is 0 Å². The van der Waals surface area contributed by atoms with Crippen LogP contribution in [0.1, 0.15) is 285 Å². The van der Waals surface area contributed by atoms with Gasteiger partial charge in [-0.1, -0.05) is 283 Å². The average Bonchev–Trinajstić information content (AvgIpc) is 3.23. The van der Waals surface area contributed by atoms with E-state index in [1.807, 2.05) is 12.2 Å². The number of rotatable bonds is 48. The van der Waals surface area contributed by atoms with Gasteiger partial charge in [-0.15, -0.1) is 0 Å². The van der Waals surface area contributed by atoms with Gasteiger partial charge in [0.25, 0.3) is 0 Å². The van der Waals surface area contributed by atoms with Crippen molar-refractivity contribution in [1.82, 2.24) is 0 Å². The minimum absolute atomic E-state index is 0. The monoisotopic (exact) mass is 959 g/mol. The van der Waals surface area contributed by atoms with Gasteiger partial charge in [0.2, 0.25) is 20.8 Å². The maximum absolute atomic E-state index is 10.7. The van der Waals surface area contributed by atoms with E-state index in [0.717, 1.165) is 64.2 Å². The van der Waals surface area contributed by atoms with E-state index < -0.39 is 20.8 Å². The maximum Gasteiger partial charge on any atom is 2.00 e. The number of unbranched alkanes of at least 4 members (excludes halogenated alkanes) is 34. The topological polar surface area (TPSA) is 133 Å². The zero-order valence-electron chi connectivity index (χ0n) is 42.0. The molecule has 0 saturated heterocycles. The molecule has 0 amide bonds. The van der Waals surface area contributed by atoms with Crippen LogP contribution in [0.5, 0.6) is 0 Å². The molecule has 372 valence electrons. The maximum atomic E-state index is 10.7. The average molecular weight is 960 g/mol. The summed E-state index contributed by atoms with van der Waals surface area (Å²) in [5.74, 6) is 0.0412. The van der Waals surface area contributed by atoms with Crippen LogP contribution in [0.3, 0.4) is 0 Å². The molecule has 63 heavy (non-hydrogen) atoms. The third-order valence-electron chi connectivity index (χ3n) is 12.0. The second-order valence-corrected chi connectivity index (χ2v) is 20.3. The minimum Gasteiger partial charge on any atom is -0.726 e.